The van der Waals surface area contributed by atoms with Gasteiger partial charge in [-0.2, -0.15) is 0 Å². The lowest BCUT2D eigenvalue weighted by Gasteiger charge is -2.30. The number of para-hydroxylation sites is 2. The molecule has 0 fully saturated rings. The molecular weight excluding hydrogens is 863 g/mol. The van der Waals surface area contributed by atoms with Crippen molar-refractivity contribution in [2.24, 2.45) is 0 Å². The highest BCUT2D eigenvalue weighted by Gasteiger charge is 2.28. The monoisotopic (exact) mass is 915 g/mol. The Labute approximate surface area is 415 Å². The first-order valence-electron chi connectivity index (χ1n) is 24.5. The highest BCUT2D eigenvalue weighted by atomic mass is 15.2. The molecular formula is C66H53N5. The summed E-state index contributed by atoms with van der Waals surface area (Å²) in [5, 5.41) is 3.65. The van der Waals surface area contributed by atoms with Crippen LogP contribution in [0, 0.1) is 41.5 Å². The normalized spacial score (nSPS) is 11.5. The first kappa shape index (κ1) is 43.5. The summed E-state index contributed by atoms with van der Waals surface area (Å²) in [6, 6.07) is 72.6. The Morgan fingerprint density at radius 1 is 0.352 bits per heavy atom. The molecule has 5 heteroatoms. The first-order valence-corrected chi connectivity index (χ1v) is 24.5. The summed E-state index contributed by atoms with van der Waals surface area (Å²) in [6.07, 6.45) is 3.79. The predicted octanol–water partition coefficient (Wildman–Crippen LogP) is 17.5. The molecule has 342 valence electrons. The van der Waals surface area contributed by atoms with Crippen LogP contribution in [0.3, 0.4) is 0 Å². The molecule has 0 aliphatic heterocycles. The molecule has 0 aliphatic rings. The predicted molar refractivity (Wildman–Crippen MR) is 298 cm³/mol. The third-order valence-corrected chi connectivity index (χ3v) is 14.3. The number of aromatic nitrogens is 4. The summed E-state index contributed by atoms with van der Waals surface area (Å²) in [4.78, 5) is 12.5. The number of hydrogen-bond acceptors (Lipinski definition) is 3. The Hall–Kier alpha value is -8.80. The molecule has 0 unspecified atom stereocenters. The van der Waals surface area contributed by atoms with Gasteiger partial charge in [0.25, 0.3) is 0 Å². The van der Waals surface area contributed by atoms with Gasteiger partial charge < -0.3 is 9.47 Å². The zero-order chi connectivity index (χ0) is 48.3. The smallest absolute Gasteiger partial charge is 0.137 e. The van der Waals surface area contributed by atoms with Crippen LogP contribution < -0.4 is 4.90 Å². The second-order valence-corrected chi connectivity index (χ2v) is 19.0. The van der Waals surface area contributed by atoms with Crippen LogP contribution in [0.25, 0.3) is 89.0 Å². The minimum absolute atomic E-state index is 0.864. The lowest BCUT2D eigenvalue weighted by atomic mass is 9.89. The van der Waals surface area contributed by atoms with E-state index in [9.17, 15) is 0 Å². The van der Waals surface area contributed by atoms with E-state index in [0.29, 0.717) is 0 Å². The molecule has 0 radical (unpaired) electrons. The van der Waals surface area contributed by atoms with Crippen molar-refractivity contribution in [1.29, 1.82) is 0 Å². The van der Waals surface area contributed by atoms with Crippen LogP contribution >= 0.6 is 0 Å². The van der Waals surface area contributed by atoms with Gasteiger partial charge in [0.1, 0.15) is 5.82 Å². The van der Waals surface area contributed by atoms with Crippen LogP contribution in [0.5, 0.6) is 0 Å². The Morgan fingerprint density at radius 3 is 1.55 bits per heavy atom. The van der Waals surface area contributed by atoms with E-state index in [2.05, 4.69) is 244 Å². The number of fused-ring (bicyclic) bond motifs is 4. The maximum Gasteiger partial charge on any atom is 0.137 e. The van der Waals surface area contributed by atoms with Gasteiger partial charge in [-0.15, -0.1) is 0 Å². The maximum absolute atomic E-state index is 5.12. The first-order chi connectivity index (χ1) is 34.7. The van der Waals surface area contributed by atoms with Crippen LogP contribution in [-0.4, -0.2) is 19.1 Å². The fourth-order valence-corrected chi connectivity index (χ4v) is 11.3. The Balaban J connectivity index is 1.19. The molecule has 0 amide bonds. The van der Waals surface area contributed by atoms with Gasteiger partial charge in [-0.1, -0.05) is 121 Å². The quantitative estimate of drug-likeness (QED) is 0.145. The van der Waals surface area contributed by atoms with E-state index in [-0.39, 0.29) is 0 Å². The number of anilines is 3. The standard InChI is InChI=1S/C66H53N5/c1-42-20-18-21-43(2)62(42)64-56-33-32-51(41-60(56)71(61-31-15-17-35-68-61)66(64)63-44(3)22-19-23-45(63)4)69(53-39-49(48-24-8-7-9-25-48)38-50(40-53)57-28-14-16-34-67-57)65-46(5)36-52(37-47(65)6)70-58-29-12-10-26-54(58)55-27-11-13-30-59(55)70/h7-41H,1-6H3. The van der Waals surface area contributed by atoms with Crippen molar-refractivity contribution < 1.29 is 0 Å². The topological polar surface area (TPSA) is 38.9 Å². The summed E-state index contributed by atoms with van der Waals surface area (Å²) in [6.45, 7) is 13.5. The number of hydrogen-bond donors (Lipinski definition) is 0. The molecule has 12 rings (SSSR count). The van der Waals surface area contributed by atoms with Gasteiger partial charge in [-0.25, -0.2) is 4.98 Å². The molecule has 8 aromatic carbocycles. The van der Waals surface area contributed by atoms with E-state index in [1.54, 1.807) is 0 Å². The molecule has 0 bridgehead atoms. The van der Waals surface area contributed by atoms with Crippen LogP contribution in [0.4, 0.5) is 17.1 Å². The molecule has 4 heterocycles. The third kappa shape index (κ3) is 7.40. The molecule has 0 aliphatic carbocycles. The number of benzene rings is 8. The van der Waals surface area contributed by atoms with Gasteiger partial charge in [0.05, 0.1) is 33.6 Å². The fraction of sp³-hybridized carbons (Fsp3) is 0.0909. The minimum atomic E-state index is 0.864. The zero-order valence-electron chi connectivity index (χ0n) is 40.9. The molecule has 5 nitrogen and oxygen atoms in total. The van der Waals surface area contributed by atoms with Crippen LogP contribution in [0.15, 0.2) is 213 Å². The maximum atomic E-state index is 5.12. The molecule has 4 aromatic heterocycles. The molecule has 0 atom stereocenters. The molecule has 0 N–H and O–H groups in total. The van der Waals surface area contributed by atoms with Gasteiger partial charge in [-0.05, 0) is 170 Å². The highest BCUT2D eigenvalue weighted by Crippen LogP contribution is 2.50. The van der Waals surface area contributed by atoms with Crippen molar-refractivity contribution in [3.63, 3.8) is 0 Å². The third-order valence-electron chi connectivity index (χ3n) is 14.3. The second kappa shape index (κ2) is 17.6. The summed E-state index contributed by atoms with van der Waals surface area (Å²) in [5.74, 6) is 0.864. The molecule has 0 saturated heterocycles. The molecule has 12 aromatic rings. The Kier molecular flexibility index (Phi) is 10.8. The van der Waals surface area contributed by atoms with E-state index in [1.807, 2.05) is 24.5 Å². The molecule has 0 spiro atoms. The summed E-state index contributed by atoms with van der Waals surface area (Å²) < 4.78 is 4.84. The van der Waals surface area contributed by atoms with E-state index in [0.717, 1.165) is 78.7 Å². The molecule has 71 heavy (non-hydrogen) atoms. The SMILES string of the molecule is Cc1cccc(C)c1-c1c(-c2c(C)cccc2C)n(-c2ccccn2)c2cc(N(c3cc(-c4ccccc4)cc(-c4ccccn4)c3)c3c(C)cc(-n4c5ccccc5c5ccccc54)cc3C)ccc12. The minimum Gasteiger partial charge on any atom is -0.310 e. The molecule has 0 saturated carbocycles. The zero-order valence-corrected chi connectivity index (χ0v) is 40.9. The van der Waals surface area contributed by atoms with Crippen molar-refractivity contribution in [1.82, 2.24) is 19.1 Å². The van der Waals surface area contributed by atoms with E-state index in [4.69, 9.17) is 9.97 Å². The average Bonchev–Trinajstić information content (AvgIpc) is 3.91. The lowest BCUT2D eigenvalue weighted by molar-refractivity contribution is 1.05. The van der Waals surface area contributed by atoms with Crippen LogP contribution in [0.2, 0.25) is 0 Å². The lowest BCUT2D eigenvalue weighted by Crippen LogP contribution is -2.14. The van der Waals surface area contributed by atoms with Crippen LogP contribution in [-0.2, 0) is 0 Å². The highest BCUT2D eigenvalue weighted by molar-refractivity contribution is 6.10. The summed E-state index contributed by atoms with van der Waals surface area (Å²) in [7, 11) is 0. The van der Waals surface area contributed by atoms with E-state index in [1.165, 1.54) is 60.8 Å². The van der Waals surface area contributed by atoms with Crippen molar-refractivity contribution in [3.05, 3.63) is 246 Å². The van der Waals surface area contributed by atoms with Gasteiger partial charge in [-0.3, -0.25) is 9.55 Å². The largest absolute Gasteiger partial charge is 0.310 e. The number of aryl methyl sites for hydroxylation is 6. The van der Waals surface area contributed by atoms with Crippen molar-refractivity contribution in [2.75, 3.05) is 4.90 Å². The van der Waals surface area contributed by atoms with Gasteiger partial charge in [0, 0.05) is 62.3 Å². The van der Waals surface area contributed by atoms with Crippen LogP contribution in [0.1, 0.15) is 33.4 Å². The van der Waals surface area contributed by atoms with Crippen molar-refractivity contribution >= 4 is 49.8 Å². The van der Waals surface area contributed by atoms with E-state index >= 15 is 0 Å². The summed E-state index contributed by atoms with van der Waals surface area (Å²) >= 11 is 0. The Morgan fingerprint density at radius 2 is 0.930 bits per heavy atom. The van der Waals surface area contributed by atoms with Crippen molar-refractivity contribution in [2.45, 2.75) is 41.5 Å². The second-order valence-electron chi connectivity index (χ2n) is 19.0. The van der Waals surface area contributed by atoms with Gasteiger partial charge in [0.2, 0.25) is 0 Å². The van der Waals surface area contributed by atoms with Crippen molar-refractivity contribution in [3.8, 4) is 56.3 Å². The van der Waals surface area contributed by atoms with Gasteiger partial charge >= 0.3 is 0 Å². The van der Waals surface area contributed by atoms with Gasteiger partial charge in [0.15, 0.2) is 0 Å². The number of pyridine rings is 2. The fourth-order valence-electron chi connectivity index (χ4n) is 11.3. The Bertz CT molecular complexity index is 3820. The number of nitrogens with zero attached hydrogens (tertiary/aromatic N) is 5. The average molecular weight is 916 g/mol. The number of rotatable bonds is 9. The summed E-state index contributed by atoms with van der Waals surface area (Å²) in [5.41, 5.74) is 24.0. The van der Waals surface area contributed by atoms with E-state index < -0.39 is 0 Å².